The fourth-order valence-corrected chi connectivity index (χ4v) is 4.74. The van der Waals surface area contributed by atoms with Gasteiger partial charge in [0.15, 0.2) is 5.54 Å². The minimum Gasteiger partial charge on any atom is -0.466 e. The molecule has 7 heteroatoms. The van der Waals surface area contributed by atoms with Gasteiger partial charge in [-0.2, -0.15) is 0 Å². The summed E-state index contributed by atoms with van der Waals surface area (Å²) in [5, 5.41) is 0. The van der Waals surface area contributed by atoms with Gasteiger partial charge in [-0.15, -0.1) is 0 Å². The summed E-state index contributed by atoms with van der Waals surface area (Å²) in [5.74, 6) is -2.06. The van der Waals surface area contributed by atoms with Crippen LogP contribution >= 0.6 is 0 Å². The Morgan fingerprint density at radius 1 is 0.935 bits per heavy atom. The van der Waals surface area contributed by atoms with Gasteiger partial charge in [-0.05, 0) is 23.6 Å². The smallest absolute Gasteiger partial charge is 0.337 e. The number of fused-ring (bicyclic) bond motifs is 5. The van der Waals surface area contributed by atoms with Crippen LogP contribution < -0.4 is 0 Å². The minimum atomic E-state index is -1.61. The standard InChI is InChI=1S/C24H23NO6/c1-4-31-23(28)24-17-13-9-8-12-16(17)20(25(24)14-15-10-6-5-7-11-15)18(21(26)29-2)19(24)22(27)30-3/h5-13,20H,4,14H2,1-3H3/t20-,24+/m0/s1. The van der Waals surface area contributed by atoms with E-state index in [9.17, 15) is 14.4 Å². The van der Waals surface area contributed by atoms with Crippen molar-refractivity contribution in [1.82, 2.24) is 4.90 Å². The van der Waals surface area contributed by atoms with Gasteiger partial charge in [0.05, 0.1) is 38.0 Å². The zero-order valence-corrected chi connectivity index (χ0v) is 17.6. The lowest BCUT2D eigenvalue weighted by atomic mass is 9.76. The number of nitrogens with zero attached hydrogens (tertiary/aromatic N) is 1. The van der Waals surface area contributed by atoms with Crippen molar-refractivity contribution in [2.24, 2.45) is 0 Å². The molecule has 0 saturated heterocycles. The Morgan fingerprint density at radius 2 is 1.58 bits per heavy atom. The van der Waals surface area contributed by atoms with Crippen LogP contribution in [0.4, 0.5) is 0 Å². The molecule has 0 saturated carbocycles. The molecule has 0 fully saturated rings. The van der Waals surface area contributed by atoms with Crippen LogP contribution in [0.15, 0.2) is 65.7 Å². The molecule has 2 aromatic carbocycles. The molecule has 4 rings (SSSR count). The lowest BCUT2D eigenvalue weighted by molar-refractivity contribution is -0.158. The highest BCUT2D eigenvalue weighted by Gasteiger charge is 2.68. The fourth-order valence-electron chi connectivity index (χ4n) is 4.74. The summed E-state index contributed by atoms with van der Waals surface area (Å²) < 4.78 is 15.5. The number of benzene rings is 2. The van der Waals surface area contributed by atoms with Crippen molar-refractivity contribution in [3.8, 4) is 0 Å². The van der Waals surface area contributed by atoms with E-state index in [2.05, 4.69) is 0 Å². The predicted molar refractivity (Wildman–Crippen MR) is 111 cm³/mol. The molecule has 2 aromatic rings. The highest BCUT2D eigenvalue weighted by molar-refractivity contribution is 6.12. The highest BCUT2D eigenvalue weighted by Crippen LogP contribution is 2.61. The Balaban J connectivity index is 2.03. The van der Waals surface area contributed by atoms with E-state index < -0.39 is 29.5 Å². The van der Waals surface area contributed by atoms with E-state index in [1.54, 1.807) is 19.1 Å². The molecule has 0 unspecified atom stereocenters. The summed E-state index contributed by atoms with van der Waals surface area (Å²) in [6, 6.07) is 16.2. The monoisotopic (exact) mass is 421 g/mol. The van der Waals surface area contributed by atoms with E-state index in [-0.39, 0.29) is 17.8 Å². The number of methoxy groups -OCH3 is 2. The lowest BCUT2D eigenvalue weighted by Crippen LogP contribution is -2.49. The van der Waals surface area contributed by atoms with Crippen molar-refractivity contribution in [1.29, 1.82) is 0 Å². The maximum absolute atomic E-state index is 13.6. The second-order valence-electron chi connectivity index (χ2n) is 7.31. The zero-order chi connectivity index (χ0) is 22.2. The average Bonchev–Trinajstić information content (AvgIpc) is 3.25. The predicted octanol–water partition coefficient (Wildman–Crippen LogP) is 2.66. The van der Waals surface area contributed by atoms with Crippen molar-refractivity contribution in [2.75, 3.05) is 20.8 Å². The van der Waals surface area contributed by atoms with Gasteiger partial charge in [-0.1, -0.05) is 54.6 Å². The molecule has 0 aliphatic carbocycles. The van der Waals surface area contributed by atoms with Crippen LogP contribution in [0.3, 0.4) is 0 Å². The molecular weight excluding hydrogens is 398 g/mol. The van der Waals surface area contributed by atoms with Crippen LogP contribution in [0.1, 0.15) is 29.7 Å². The van der Waals surface area contributed by atoms with Gasteiger partial charge < -0.3 is 14.2 Å². The molecule has 2 heterocycles. The molecule has 2 aliphatic heterocycles. The molecule has 0 spiro atoms. The van der Waals surface area contributed by atoms with E-state index >= 15 is 0 Å². The number of esters is 3. The Labute approximate surface area is 180 Å². The third-order valence-corrected chi connectivity index (χ3v) is 5.85. The highest BCUT2D eigenvalue weighted by atomic mass is 16.5. The Bertz CT molecular complexity index is 1080. The number of hydrogen-bond donors (Lipinski definition) is 0. The molecule has 0 aromatic heterocycles. The van der Waals surface area contributed by atoms with Crippen LogP contribution in [0.2, 0.25) is 0 Å². The van der Waals surface area contributed by atoms with Crippen LogP contribution in [-0.2, 0) is 40.7 Å². The molecule has 7 nitrogen and oxygen atoms in total. The molecule has 31 heavy (non-hydrogen) atoms. The first kappa shape index (κ1) is 20.8. The lowest BCUT2D eigenvalue weighted by Gasteiger charge is -2.35. The molecule has 2 bridgehead atoms. The van der Waals surface area contributed by atoms with Gasteiger partial charge in [0, 0.05) is 6.54 Å². The molecule has 2 atom stereocenters. The van der Waals surface area contributed by atoms with Crippen LogP contribution in [0.5, 0.6) is 0 Å². The molecule has 160 valence electrons. The third-order valence-electron chi connectivity index (χ3n) is 5.85. The maximum atomic E-state index is 13.6. The van der Waals surface area contributed by atoms with Crippen molar-refractivity contribution in [3.63, 3.8) is 0 Å². The van der Waals surface area contributed by atoms with Gasteiger partial charge in [-0.25, -0.2) is 14.4 Å². The summed E-state index contributed by atoms with van der Waals surface area (Å²) in [6.07, 6.45) is 0. The summed E-state index contributed by atoms with van der Waals surface area (Å²) in [6.45, 7) is 2.13. The average molecular weight is 421 g/mol. The van der Waals surface area contributed by atoms with Gasteiger partial charge in [0.2, 0.25) is 0 Å². The van der Waals surface area contributed by atoms with Gasteiger partial charge in [-0.3, -0.25) is 4.90 Å². The fraction of sp³-hybridized carbons (Fsp3) is 0.292. The SMILES string of the molecule is CCOC(=O)[C@]12C(C(=O)OC)=C(C(=O)OC)[C@H](c3ccccc31)N2Cc1ccccc1. The van der Waals surface area contributed by atoms with E-state index in [0.29, 0.717) is 12.1 Å². The van der Waals surface area contributed by atoms with Crippen LogP contribution in [0, 0.1) is 0 Å². The van der Waals surface area contributed by atoms with E-state index in [1.807, 2.05) is 47.4 Å². The topological polar surface area (TPSA) is 82.1 Å². The number of ether oxygens (including phenoxy) is 3. The van der Waals surface area contributed by atoms with Crippen molar-refractivity contribution in [2.45, 2.75) is 25.0 Å². The molecule has 2 aliphatic rings. The summed E-state index contributed by atoms with van der Waals surface area (Å²) in [5.41, 5.74) is 0.757. The van der Waals surface area contributed by atoms with Crippen LogP contribution in [-0.4, -0.2) is 43.6 Å². The quantitative estimate of drug-likeness (QED) is 0.524. The first-order chi connectivity index (χ1) is 15.0. The van der Waals surface area contributed by atoms with Gasteiger partial charge in [0.1, 0.15) is 0 Å². The molecule has 0 amide bonds. The Kier molecular flexibility index (Phi) is 5.37. The number of rotatable bonds is 6. The van der Waals surface area contributed by atoms with E-state index in [4.69, 9.17) is 14.2 Å². The third kappa shape index (κ3) is 2.88. The Morgan fingerprint density at radius 3 is 2.23 bits per heavy atom. The van der Waals surface area contributed by atoms with Crippen molar-refractivity contribution >= 4 is 17.9 Å². The second-order valence-corrected chi connectivity index (χ2v) is 7.31. The first-order valence-corrected chi connectivity index (χ1v) is 10.0. The van der Waals surface area contributed by atoms with E-state index in [1.165, 1.54) is 14.2 Å². The molecule has 0 N–H and O–H groups in total. The largest absolute Gasteiger partial charge is 0.466 e. The van der Waals surface area contributed by atoms with Gasteiger partial charge in [0.25, 0.3) is 0 Å². The summed E-state index contributed by atoms with van der Waals surface area (Å²) in [7, 11) is 2.48. The number of hydrogen-bond acceptors (Lipinski definition) is 7. The summed E-state index contributed by atoms with van der Waals surface area (Å²) >= 11 is 0. The molecule has 0 radical (unpaired) electrons. The first-order valence-electron chi connectivity index (χ1n) is 10.0. The summed E-state index contributed by atoms with van der Waals surface area (Å²) in [4.78, 5) is 41.4. The van der Waals surface area contributed by atoms with Crippen molar-refractivity contribution in [3.05, 3.63) is 82.4 Å². The van der Waals surface area contributed by atoms with Gasteiger partial charge >= 0.3 is 17.9 Å². The normalized spacial score (nSPS) is 21.6. The number of carbonyl (C=O) groups excluding carboxylic acids is 3. The Hall–Kier alpha value is -3.45. The maximum Gasteiger partial charge on any atom is 0.337 e. The number of carbonyl (C=O) groups is 3. The van der Waals surface area contributed by atoms with Crippen LogP contribution in [0.25, 0.3) is 0 Å². The molecular formula is C24H23NO6. The van der Waals surface area contributed by atoms with Crippen molar-refractivity contribution < 1.29 is 28.6 Å². The zero-order valence-electron chi connectivity index (χ0n) is 17.6. The van der Waals surface area contributed by atoms with E-state index in [0.717, 1.165) is 11.1 Å². The minimum absolute atomic E-state index is 0.0417. The second kappa shape index (κ2) is 8.00.